The van der Waals surface area contributed by atoms with E-state index in [0.717, 1.165) is 11.3 Å². The minimum absolute atomic E-state index is 0.0733. The molecule has 0 radical (unpaired) electrons. The normalized spacial score (nSPS) is 10.2. The molecular formula is C15H17NO3. The zero-order valence-electron chi connectivity index (χ0n) is 10.9. The molecule has 1 aromatic carbocycles. The minimum atomic E-state index is -0.0733. The predicted molar refractivity (Wildman–Crippen MR) is 72.4 cm³/mol. The van der Waals surface area contributed by atoms with Gasteiger partial charge in [-0.3, -0.25) is 4.98 Å². The molecule has 1 aromatic heterocycles. The van der Waals surface area contributed by atoms with Crippen LogP contribution in [0.15, 0.2) is 42.6 Å². The molecule has 2 aromatic rings. The van der Waals surface area contributed by atoms with E-state index in [1.165, 1.54) is 0 Å². The molecule has 0 fully saturated rings. The fourth-order valence-electron chi connectivity index (χ4n) is 1.81. The lowest BCUT2D eigenvalue weighted by atomic mass is 10.2. The van der Waals surface area contributed by atoms with Crippen molar-refractivity contribution in [2.24, 2.45) is 0 Å². The molecule has 100 valence electrons. The topological polar surface area (TPSA) is 51.6 Å². The zero-order chi connectivity index (χ0) is 13.5. The molecule has 19 heavy (non-hydrogen) atoms. The molecule has 0 atom stereocenters. The number of hydrogen-bond donors (Lipinski definition) is 1. The lowest BCUT2D eigenvalue weighted by molar-refractivity contribution is 0.255. The molecule has 4 heteroatoms. The molecular weight excluding hydrogens is 242 g/mol. The van der Waals surface area contributed by atoms with Crippen molar-refractivity contribution in [3.63, 3.8) is 0 Å². The summed E-state index contributed by atoms with van der Waals surface area (Å²) in [6, 6.07) is 11.3. The Morgan fingerprint density at radius 2 is 2.05 bits per heavy atom. The summed E-state index contributed by atoms with van der Waals surface area (Å²) in [4.78, 5) is 4.23. The highest BCUT2D eigenvalue weighted by atomic mass is 16.5. The Morgan fingerprint density at radius 3 is 2.74 bits per heavy atom. The standard InChI is InChI=1S/C15H17NO3/c1-18-14-7-4-5-12(11-17)15(14)19-10-8-13-6-2-3-9-16-13/h2-7,9,17H,8,10-11H2,1H3. The van der Waals surface area contributed by atoms with Gasteiger partial charge >= 0.3 is 0 Å². The van der Waals surface area contributed by atoms with Crippen LogP contribution in [0.3, 0.4) is 0 Å². The molecule has 0 aliphatic carbocycles. The number of aliphatic hydroxyl groups is 1. The highest BCUT2D eigenvalue weighted by molar-refractivity contribution is 5.46. The third-order valence-electron chi connectivity index (χ3n) is 2.78. The van der Waals surface area contributed by atoms with Crippen molar-refractivity contribution in [2.45, 2.75) is 13.0 Å². The average Bonchev–Trinajstić information content (AvgIpc) is 2.48. The van der Waals surface area contributed by atoms with E-state index < -0.39 is 0 Å². The first-order valence-corrected chi connectivity index (χ1v) is 6.14. The molecule has 4 nitrogen and oxygen atoms in total. The van der Waals surface area contributed by atoms with Crippen molar-refractivity contribution in [1.29, 1.82) is 0 Å². The second kappa shape index (κ2) is 6.75. The average molecular weight is 259 g/mol. The third-order valence-corrected chi connectivity index (χ3v) is 2.78. The second-order valence-corrected chi connectivity index (χ2v) is 4.03. The molecule has 1 N–H and O–H groups in total. The molecule has 0 aliphatic rings. The van der Waals surface area contributed by atoms with Gasteiger partial charge in [0.25, 0.3) is 0 Å². The first-order valence-electron chi connectivity index (χ1n) is 6.14. The minimum Gasteiger partial charge on any atom is -0.493 e. The van der Waals surface area contributed by atoms with Crippen LogP contribution in [0.25, 0.3) is 0 Å². The number of rotatable bonds is 6. The monoisotopic (exact) mass is 259 g/mol. The maximum absolute atomic E-state index is 9.31. The number of benzene rings is 1. The Morgan fingerprint density at radius 1 is 1.16 bits per heavy atom. The van der Waals surface area contributed by atoms with Gasteiger partial charge in [-0.2, -0.15) is 0 Å². The van der Waals surface area contributed by atoms with Crippen LogP contribution in [0.2, 0.25) is 0 Å². The Kier molecular flexibility index (Phi) is 4.75. The summed E-state index contributed by atoms with van der Waals surface area (Å²) in [7, 11) is 1.59. The van der Waals surface area contributed by atoms with Gasteiger partial charge in [-0.15, -0.1) is 0 Å². The lowest BCUT2D eigenvalue weighted by Crippen LogP contribution is -2.05. The van der Waals surface area contributed by atoms with Gasteiger partial charge in [0, 0.05) is 23.9 Å². The molecule has 0 saturated heterocycles. The van der Waals surface area contributed by atoms with E-state index in [4.69, 9.17) is 9.47 Å². The Bertz CT molecular complexity index is 492. The second-order valence-electron chi connectivity index (χ2n) is 4.03. The van der Waals surface area contributed by atoms with E-state index in [1.54, 1.807) is 13.3 Å². The molecule has 0 unspecified atom stereocenters. The number of hydrogen-bond acceptors (Lipinski definition) is 4. The van der Waals surface area contributed by atoms with Gasteiger partial charge in [0.2, 0.25) is 0 Å². The Labute approximate surface area is 112 Å². The highest BCUT2D eigenvalue weighted by Crippen LogP contribution is 2.31. The van der Waals surface area contributed by atoms with Gasteiger partial charge in [-0.05, 0) is 18.2 Å². The van der Waals surface area contributed by atoms with Gasteiger partial charge in [-0.25, -0.2) is 0 Å². The van der Waals surface area contributed by atoms with E-state index in [0.29, 0.717) is 24.5 Å². The number of para-hydroxylation sites is 1. The third kappa shape index (κ3) is 3.45. The van der Waals surface area contributed by atoms with E-state index in [1.807, 2.05) is 36.4 Å². The maximum atomic E-state index is 9.31. The van der Waals surface area contributed by atoms with E-state index in [2.05, 4.69) is 4.98 Å². The zero-order valence-corrected chi connectivity index (χ0v) is 10.9. The molecule has 0 amide bonds. The van der Waals surface area contributed by atoms with Crippen LogP contribution < -0.4 is 9.47 Å². The number of ether oxygens (including phenoxy) is 2. The first kappa shape index (κ1) is 13.4. The van der Waals surface area contributed by atoms with Crippen molar-refractivity contribution in [3.8, 4) is 11.5 Å². The van der Waals surface area contributed by atoms with Crippen molar-refractivity contribution in [1.82, 2.24) is 4.98 Å². The lowest BCUT2D eigenvalue weighted by Gasteiger charge is -2.13. The first-order chi connectivity index (χ1) is 9.35. The highest BCUT2D eigenvalue weighted by Gasteiger charge is 2.09. The summed E-state index contributed by atoms with van der Waals surface area (Å²) >= 11 is 0. The summed E-state index contributed by atoms with van der Waals surface area (Å²) in [5, 5.41) is 9.31. The van der Waals surface area contributed by atoms with Crippen LogP contribution in [-0.4, -0.2) is 23.8 Å². The van der Waals surface area contributed by atoms with Crippen LogP contribution >= 0.6 is 0 Å². The summed E-state index contributed by atoms with van der Waals surface area (Å²) < 4.78 is 11.0. The van der Waals surface area contributed by atoms with Crippen LogP contribution in [0.5, 0.6) is 11.5 Å². The fraction of sp³-hybridized carbons (Fsp3) is 0.267. The quantitative estimate of drug-likeness (QED) is 0.864. The Balaban J connectivity index is 2.02. The summed E-state index contributed by atoms with van der Waals surface area (Å²) in [5.74, 6) is 1.23. The summed E-state index contributed by atoms with van der Waals surface area (Å²) in [6.07, 6.45) is 2.47. The van der Waals surface area contributed by atoms with Crippen molar-refractivity contribution < 1.29 is 14.6 Å². The van der Waals surface area contributed by atoms with Crippen molar-refractivity contribution in [3.05, 3.63) is 53.9 Å². The van der Waals surface area contributed by atoms with E-state index >= 15 is 0 Å². The summed E-state index contributed by atoms with van der Waals surface area (Å²) in [5.41, 5.74) is 1.70. The SMILES string of the molecule is COc1cccc(CO)c1OCCc1ccccn1. The van der Waals surface area contributed by atoms with Gasteiger partial charge in [0.1, 0.15) is 0 Å². The van der Waals surface area contributed by atoms with Crippen LogP contribution in [0.1, 0.15) is 11.3 Å². The predicted octanol–water partition coefficient (Wildman–Crippen LogP) is 2.20. The Hall–Kier alpha value is -2.07. The maximum Gasteiger partial charge on any atom is 0.166 e. The van der Waals surface area contributed by atoms with Crippen LogP contribution in [0.4, 0.5) is 0 Å². The molecule has 2 rings (SSSR count). The number of methoxy groups -OCH3 is 1. The fourth-order valence-corrected chi connectivity index (χ4v) is 1.81. The van der Waals surface area contributed by atoms with E-state index in [9.17, 15) is 5.11 Å². The molecule has 1 heterocycles. The van der Waals surface area contributed by atoms with Crippen LogP contribution in [-0.2, 0) is 13.0 Å². The number of aliphatic hydroxyl groups excluding tert-OH is 1. The van der Waals surface area contributed by atoms with E-state index in [-0.39, 0.29) is 6.61 Å². The molecule has 0 spiro atoms. The number of aromatic nitrogens is 1. The number of pyridine rings is 1. The van der Waals surface area contributed by atoms with Crippen LogP contribution in [0, 0.1) is 0 Å². The largest absolute Gasteiger partial charge is 0.493 e. The molecule has 0 aliphatic heterocycles. The van der Waals surface area contributed by atoms with Gasteiger partial charge < -0.3 is 14.6 Å². The van der Waals surface area contributed by atoms with Gasteiger partial charge in [-0.1, -0.05) is 18.2 Å². The molecule has 0 saturated carbocycles. The molecule has 0 bridgehead atoms. The smallest absolute Gasteiger partial charge is 0.166 e. The summed E-state index contributed by atoms with van der Waals surface area (Å²) in [6.45, 7) is 0.417. The van der Waals surface area contributed by atoms with Crippen molar-refractivity contribution in [2.75, 3.05) is 13.7 Å². The number of nitrogens with zero attached hydrogens (tertiary/aromatic N) is 1. The van der Waals surface area contributed by atoms with Gasteiger partial charge in [0.05, 0.1) is 20.3 Å². The van der Waals surface area contributed by atoms with Gasteiger partial charge in [0.15, 0.2) is 11.5 Å². The van der Waals surface area contributed by atoms with Crippen molar-refractivity contribution >= 4 is 0 Å².